The zero-order chi connectivity index (χ0) is 13.8. The fraction of sp³-hybridized carbons (Fsp3) is 0.714. The van der Waals surface area contributed by atoms with Crippen molar-refractivity contribution in [2.24, 2.45) is 5.73 Å². The summed E-state index contributed by atoms with van der Waals surface area (Å²) >= 11 is 1.57. The Bertz CT molecular complexity index is 393. The summed E-state index contributed by atoms with van der Waals surface area (Å²) in [6.07, 6.45) is 2.84. The highest BCUT2D eigenvalue weighted by Gasteiger charge is 2.18. The van der Waals surface area contributed by atoms with Gasteiger partial charge in [0.15, 0.2) is 0 Å². The molecule has 1 rings (SSSR count). The van der Waals surface area contributed by atoms with Crippen molar-refractivity contribution in [3.05, 3.63) is 16.1 Å². The topological polar surface area (TPSA) is 56.0 Å². The summed E-state index contributed by atoms with van der Waals surface area (Å²) in [5.41, 5.74) is 6.99. The van der Waals surface area contributed by atoms with Crippen molar-refractivity contribution < 1.29 is 4.79 Å². The maximum absolute atomic E-state index is 11.8. The van der Waals surface area contributed by atoms with Crippen LogP contribution in [0.25, 0.3) is 0 Å². The molecule has 18 heavy (non-hydrogen) atoms. The lowest BCUT2D eigenvalue weighted by molar-refractivity contribution is -0.118. The Morgan fingerprint density at radius 3 is 2.67 bits per heavy atom. The number of nitrogens with zero attached hydrogens (tertiary/aromatic N) is 1. The van der Waals surface area contributed by atoms with E-state index < -0.39 is 0 Å². The summed E-state index contributed by atoms with van der Waals surface area (Å²) in [7, 11) is 0. The van der Waals surface area contributed by atoms with Crippen LogP contribution in [-0.4, -0.2) is 16.8 Å². The predicted molar refractivity (Wildman–Crippen MR) is 77.0 cm³/mol. The van der Waals surface area contributed by atoms with E-state index in [-0.39, 0.29) is 17.2 Å². The molecule has 0 amide bonds. The van der Waals surface area contributed by atoms with E-state index >= 15 is 0 Å². The van der Waals surface area contributed by atoms with Gasteiger partial charge in [0, 0.05) is 23.3 Å². The Kier molecular flexibility index (Phi) is 5.47. The van der Waals surface area contributed by atoms with E-state index in [1.807, 2.05) is 0 Å². The van der Waals surface area contributed by atoms with Crippen LogP contribution in [0.2, 0.25) is 0 Å². The Hall–Kier alpha value is -0.740. The monoisotopic (exact) mass is 268 g/mol. The molecule has 1 atom stereocenters. The second-order valence-corrected chi connectivity index (χ2v) is 6.79. The minimum absolute atomic E-state index is 0.00421. The average molecular weight is 268 g/mol. The molecular weight excluding hydrogens is 244 g/mol. The smallest absolute Gasteiger partial charge is 0.141 e. The fourth-order valence-electron chi connectivity index (χ4n) is 1.74. The summed E-state index contributed by atoms with van der Waals surface area (Å²) in [6, 6.07) is 0.00421. The number of thiazole rings is 1. The van der Waals surface area contributed by atoms with Crippen LogP contribution in [0, 0.1) is 0 Å². The van der Waals surface area contributed by atoms with Crippen molar-refractivity contribution in [2.75, 3.05) is 0 Å². The molecule has 1 aromatic heterocycles. The predicted octanol–water partition coefficient (Wildman–Crippen LogP) is 3.07. The normalized spacial score (nSPS) is 13.6. The maximum Gasteiger partial charge on any atom is 0.141 e. The van der Waals surface area contributed by atoms with Gasteiger partial charge in [-0.3, -0.25) is 4.79 Å². The minimum Gasteiger partial charge on any atom is -0.327 e. The Morgan fingerprint density at radius 1 is 1.50 bits per heavy atom. The third kappa shape index (κ3) is 4.86. The van der Waals surface area contributed by atoms with Crippen molar-refractivity contribution in [2.45, 2.75) is 64.8 Å². The first-order valence-electron chi connectivity index (χ1n) is 6.55. The van der Waals surface area contributed by atoms with E-state index in [0.29, 0.717) is 12.8 Å². The standard InChI is InChI=1S/C14H24N2OS/c1-5-6-10(15)7-11(17)8-13-16-12(9-18-13)14(2,3)4/h9-10H,5-8,15H2,1-4H3. The molecule has 0 aromatic carbocycles. The third-order valence-electron chi connectivity index (χ3n) is 2.82. The number of Topliss-reactive ketones (excluding diaryl/α,β-unsaturated/α-hetero) is 1. The van der Waals surface area contributed by atoms with Gasteiger partial charge in [0.05, 0.1) is 12.1 Å². The molecule has 0 spiro atoms. The molecule has 0 saturated heterocycles. The van der Waals surface area contributed by atoms with Crippen molar-refractivity contribution >= 4 is 17.1 Å². The quantitative estimate of drug-likeness (QED) is 0.862. The first-order chi connectivity index (χ1) is 8.32. The van der Waals surface area contributed by atoms with E-state index in [0.717, 1.165) is 23.5 Å². The van der Waals surface area contributed by atoms with E-state index in [4.69, 9.17) is 5.73 Å². The molecule has 0 saturated carbocycles. The van der Waals surface area contributed by atoms with Gasteiger partial charge in [0.1, 0.15) is 10.8 Å². The Labute approximate surface area is 114 Å². The van der Waals surface area contributed by atoms with E-state index in [1.54, 1.807) is 11.3 Å². The van der Waals surface area contributed by atoms with E-state index in [1.165, 1.54) is 0 Å². The number of nitrogens with two attached hydrogens (primary N) is 1. The second kappa shape index (κ2) is 6.43. The average Bonchev–Trinajstić information content (AvgIpc) is 2.65. The third-order valence-corrected chi connectivity index (χ3v) is 3.67. The number of hydrogen-bond acceptors (Lipinski definition) is 4. The van der Waals surface area contributed by atoms with Gasteiger partial charge < -0.3 is 5.73 Å². The number of carbonyl (C=O) groups is 1. The van der Waals surface area contributed by atoms with Crippen molar-refractivity contribution in [3.8, 4) is 0 Å². The van der Waals surface area contributed by atoms with Crippen LogP contribution in [-0.2, 0) is 16.6 Å². The Morgan fingerprint density at radius 2 is 2.17 bits per heavy atom. The maximum atomic E-state index is 11.8. The summed E-state index contributed by atoms with van der Waals surface area (Å²) in [6.45, 7) is 8.47. The second-order valence-electron chi connectivity index (χ2n) is 5.84. The summed E-state index contributed by atoms with van der Waals surface area (Å²) in [4.78, 5) is 16.4. The molecule has 0 aliphatic carbocycles. The molecule has 2 N–H and O–H groups in total. The number of carbonyl (C=O) groups excluding carboxylic acids is 1. The highest BCUT2D eigenvalue weighted by atomic mass is 32.1. The van der Waals surface area contributed by atoms with Gasteiger partial charge in [-0.15, -0.1) is 11.3 Å². The molecule has 1 heterocycles. The van der Waals surface area contributed by atoms with Gasteiger partial charge in [-0.2, -0.15) is 0 Å². The van der Waals surface area contributed by atoms with E-state index in [9.17, 15) is 4.79 Å². The number of ketones is 1. The van der Waals surface area contributed by atoms with Gasteiger partial charge in [-0.05, 0) is 6.42 Å². The molecule has 0 bridgehead atoms. The van der Waals surface area contributed by atoms with E-state index in [2.05, 4.69) is 38.1 Å². The molecule has 4 heteroatoms. The van der Waals surface area contributed by atoms with Crippen LogP contribution in [0.15, 0.2) is 5.38 Å². The molecule has 1 unspecified atom stereocenters. The SMILES string of the molecule is CCCC(N)CC(=O)Cc1nc(C(C)(C)C)cs1. The lowest BCUT2D eigenvalue weighted by atomic mass is 9.93. The molecular formula is C14H24N2OS. The van der Waals surface area contributed by atoms with Crippen LogP contribution < -0.4 is 5.73 Å². The molecule has 0 radical (unpaired) electrons. The summed E-state index contributed by atoms with van der Waals surface area (Å²) < 4.78 is 0. The lowest BCUT2D eigenvalue weighted by Gasteiger charge is -2.14. The van der Waals surface area contributed by atoms with Crippen molar-refractivity contribution in [1.82, 2.24) is 4.98 Å². The molecule has 0 aliphatic heterocycles. The summed E-state index contributed by atoms with van der Waals surface area (Å²) in [5, 5.41) is 2.96. The molecule has 0 fully saturated rings. The molecule has 102 valence electrons. The zero-order valence-corrected chi connectivity index (χ0v) is 12.6. The molecule has 3 nitrogen and oxygen atoms in total. The van der Waals surface area contributed by atoms with Crippen LogP contribution in [0.5, 0.6) is 0 Å². The first kappa shape index (κ1) is 15.3. The largest absolute Gasteiger partial charge is 0.327 e. The van der Waals surface area contributed by atoms with Crippen LogP contribution in [0.4, 0.5) is 0 Å². The van der Waals surface area contributed by atoms with Crippen LogP contribution in [0.3, 0.4) is 0 Å². The zero-order valence-electron chi connectivity index (χ0n) is 11.8. The van der Waals surface area contributed by atoms with Gasteiger partial charge in [-0.25, -0.2) is 4.98 Å². The fourth-order valence-corrected chi connectivity index (χ4v) is 2.79. The van der Waals surface area contributed by atoms with Gasteiger partial charge >= 0.3 is 0 Å². The summed E-state index contributed by atoms with van der Waals surface area (Å²) in [5.74, 6) is 0.200. The number of rotatable bonds is 6. The number of aromatic nitrogens is 1. The van der Waals surface area contributed by atoms with Gasteiger partial charge in [-0.1, -0.05) is 34.1 Å². The molecule has 1 aromatic rings. The highest BCUT2D eigenvalue weighted by molar-refractivity contribution is 7.09. The van der Waals surface area contributed by atoms with Gasteiger partial charge in [0.25, 0.3) is 0 Å². The molecule has 0 aliphatic rings. The Balaban J connectivity index is 2.52. The van der Waals surface area contributed by atoms with Crippen molar-refractivity contribution in [3.63, 3.8) is 0 Å². The van der Waals surface area contributed by atoms with Crippen molar-refractivity contribution in [1.29, 1.82) is 0 Å². The van der Waals surface area contributed by atoms with Crippen LogP contribution in [0.1, 0.15) is 57.7 Å². The number of hydrogen-bond donors (Lipinski definition) is 1. The highest BCUT2D eigenvalue weighted by Crippen LogP contribution is 2.24. The lowest BCUT2D eigenvalue weighted by Crippen LogP contribution is -2.24. The van der Waals surface area contributed by atoms with Gasteiger partial charge in [0.2, 0.25) is 0 Å². The van der Waals surface area contributed by atoms with Crippen LogP contribution >= 0.6 is 11.3 Å². The minimum atomic E-state index is 0.00421. The first-order valence-corrected chi connectivity index (χ1v) is 7.43.